The van der Waals surface area contributed by atoms with Crippen molar-refractivity contribution in [2.24, 2.45) is 5.14 Å². The smallest absolute Gasteiger partial charge is 0.405 e. The standard InChI is InChI=1S/C11H11F3N2O4S/c12-11(13,14)5-16-10(17)8-4-20-9-2-1-6(3-7(8)9)21(15,18)19/h1-3,8H,4-5H2,(H,16,17)(H2,15,18,19). The minimum Gasteiger partial charge on any atom is -0.492 e. The first kappa shape index (κ1) is 15.6. The van der Waals surface area contributed by atoms with Crippen LogP contribution in [0.25, 0.3) is 0 Å². The van der Waals surface area contributed by atoms with Crippen LogP contribution >= 0.6 is 0 Å². The van der Waals surface area contributed by atoms with Crippen molar-refractivity contribution in [1.82, 2.24) is 5.32 Å². The van der Waals surface area contributed by atoms with Gasteiger partial charge in [-0.2, -0.15) is 13.2 Å². The third-order valence-corrected chi connectivity index (χ3v) is 3.78. The third-order valence-electron chi connectivity index (χ3n) is 2.87. The second-order valence-corrected chi connectivity index (χ2v) is 6.00. The molecule has 116 valence electrons. The lowest BCUT2D eigenvalue weighted by atomic mass is 10.0. The number of benzene rings is 1. The summed E-state index contributed by atoms with van der Waals surface area (Å²) in [5, 5.41) is 6.71. The summed E-state index contributed by atoms with van der Waals surface area (Å²) >= 11 is 0. The average molecular weight is 324 g/mol. The molecule has 1 unspecified atom stereocenters. The molecule has 1 aromatic rings. The molecule has 1 heterocycles. The fraction of sp³-hybridized carbons (Fsp3) is 0.364. The molecule has 1 amide bonds. The molecule has 0 fully saturated rings. The number of hydrogen-bond donors (Lipinski definition) is 2. The van der Waals surface area contributed by atoms with Gasteiger partial charge >= 0.3 is 6.18 Å². The van der Waals surface area contributed by atoms with Gasteiger partial charge in [0.05, 0.1) is 4.90 Å². The highest BCUT2D eigenvalue weighted by molar-refractivity contribution is 7.89. The van der Waals surface area contributed by atoms with Crippen molar-refractivity contribution in [3.05, 3.63) is 23.8 Å². The van der Waals surface area contributed by atoms with Crippen molar-refractivity contribution >= 4 is 15.9 Å². The monoisotopic (exact) mass is 324 g/mol. The summed E-state index contributed by atoms with van der Waals surface area (Å²) in [5.74, 6) is -1.66. The topological polar surface area (TPSA) is 98.5 Å². The number of sulfonamides is 1. The predicted octanol–water partition coefficient (Wildman–Crippen LogP) is 0.489. The molecule has 0 aliphatic carbocycles. The van der Waals surface area contributed by atoms with E-state index in [0.717, 1.165) is 6.07 Å². The highest BCUT2D eigenvalue weighted by atomic mass is 32.2. The largest absolute Gasteiger partial charge is 0.492 e. The normalized spacial score (nSPS) is 18.0. The number of ether oxygens (including phenoxy) is 1. The minimum absolute atomic E-state index is 0.160. The number of nitrogens with two attached hydrogens (primary N) is 1. The first-order valence-electron chi connectivity index (χ1n) is 5.72. The third kappa shape index (κ3) is 3.64. The number of primary sulfonamides is 1. The molecule has 2 rings (SSSR count). The highest BCUT2D eigenvalue weighted by Crippen LogP contribution is 2.35. The van der Waals surface area contributed by atoms with E-state index in [2.05, 4.69) is 0 Å². The van der Waals surface area contributed by atoms with Crippen molar-refractivity contribution in [1.29, 1.82) is 0 Å². The lowest BCUT2D eigenvalue weighted by molar-refractivity contribution is -0.139. The number of carbonyl (C=O) groups is 1. The molecular formula is C11H11F3N2O4S. The van der Waals surface area contributed by atoms with Gasteiger partial charge in [0.25, 0.3) is 0 Å². The quantitative estimate of drug-likeness (QED) is 0.845. The SMILES string of the molecule is NS(=O)(=O)c1ccc2c(c1)C(C(=O)NCC(F)(F)F)CO2. The Morgan fingerprint density at radius 2 is 2.10 bits per heavy atom. The van der Waals surface area contributed by atoms with Crippen LogP contribution in [-0.4, -0.2) is 33.7 Å². The van der Waals surface area contributed by atoms with E-state index in [0.29, 0.717) is 0 Å². The maximum absolute atomic E-state index is 12.1. The van der Waals surface area contributed by atoms with Gasteiger partial charge in [-0.25, -0.2) is 13.6 Å². The summed E-state index contributed by atoms with van der Waals surface area (Å²) in [7, 11) is -3.98. The van der Waals surface area contributed by atoms with E-state index >= 15 is 0 Å². The Balaban J connectivity index is 2.23. The van der Waals surface area contributed by atoms with Crippen LogP contribution in [0.1, 0.15) is 11.5 Å². The van der Waals surface area contributed by atoms with Gasteiger partial charge in [0.2, 0.25) is 15.9 Å². The Morgan fingerprint density at radius 3 is 2.67 bits per heavy atom. The van der Waals surface area contributed by atoms with E-state index in [4.69, 9.17) is 9.88 Å². The molecule has 0 saturated heterocycles. The van der Waals surface area contributed by atoms with Crippen molar-refractivity contribution in [3.63, 3.8) is 0 Å². The Kier molecular flexibility index (Phi) is 3.85. The van der Waals surface area contributed by atoms with Gasteiger partial charge < -0.3 is 10.1 Å². The molecular weight excluding hydrogens is 313 g/mol. The number of nitrogens with one attached hydrogen (secondary N) is 1. The molecule has 0 bridgehead atoms. The molecule has 21 heavy (non-hydrogen) atoms. The molecule has 0 radical (unpaired) electrons. The maximum Gasteiger partial charge on any atom is 0.405 e. The summed E-state index contributed by atoms with van der Waals surface area (Å²) in [6, 6.07) is 3.64. The molecule has 1 atom stereocenters. The van der Waals surface area contributed by atoms with Crippen LogP contribution in [0, 0.1) is 0 Å². The van der Waals surface area contributed by atoms with Crippen molar-refractivity contribution in [3.8, 4) is 5.75 Å². The second kappa shape index (κ2) is 5.19. The summed E-state index contributed by atoms with van der Waals surface area (Å²) in [6.07, 6.45) is -4.53. The van der Waals surface area contributed by atoms with Crippen LogP contribution in [-0.2, 0) is 14.8 Å². The molecule has 1 aromatic carbocycles. The number of fused-ring (bicyclic) bond motifs is 1. The van der Waals surface area contributed by atoms with E-state index in [9.17, 15) is 26.4 Å². The van der Waals surface area contributed by atoms with Crippen LogP contribution < -0.4 is 15.2 Å². The van der Waals surface area contributed by atoms with Crippen LogP contribution in [0.5, 0.6) is 5.75 Å². The van der Waals surface area contributed by atoms with Crippen molar-refractivity contribution in [2.45, 2.75) is 17.0 Å². The molecule has 0 spiro atoms. The van der Waals surface area contributed by atoms with Gasteiger partial charge in [-0.1, -0.05) is 0 Å². The molecule has 1 aliphatic heterocycles. The molecule has 0 saturated carbocycles. The Labute approximate surface area is 118 Å². The minimum atomic E-state index is -4.53. The highest BCUT2D eigenvalue weighted by Gasteiger charge is 2.34. The van der Waals surface area contributed by atoms with Crippen LogP contribution in [0.4, 0.5) is 13.2 Å². The molecule has 10 heteroatoms. The van der Waals surface area contributed by atoms with Gasteiger partial charge in [0.15, 0.2) is 0 Å². The van der Waals surface area contributed by atoms with E-state index in [1.165, 1.54) is 12.1 Å². The van der Waals surface area contributed by atoms with Gasteiger partial charge in [-0.05, 0) is 18.2 Å². The molecule has 3 N–H and O–H groups in total. The number of halogens is 3. The summed E-state index contributed by atoms with van der Waals surface area (Å²) in [6.45, 7) is -1.63. The summed E-state index contributed by atoms with van der Waals surface area (Å²) in [4.78, 5) is 11.5. The van der Waals surface area contributed by atoms with E-state index in [1.54, 1.807) is 5.32 Å². The Morgan fingerprint density at radius 1 is 1.43 bits per heavy atom. The Bertz CT molecular complexity index is 673. The summed E-state index contributed by atoms with van der Waals surface area (Å²) in [5.41, 5.74) is 0.196. The predicted molar refractivity (Wildman–Crippen MR) is 65.1 cm³/mol. The lowest BCUT2D eigenvalue weighted by Gasteiger charge is -2.12. The Hall–Kier alpha value is -1.81. The number of hydrogen-bond acceptors (Lipinski definition) is 4. The van der Waals surface area contributed by atoms with Gasteiger partial charge in [0.1, 0.15) is 24.8 Å². The average Bonchev–Trinajstić information content (AvgIpc) is 2.76. The first-order valence-corrected chi connectivity index (χ1v) is 7.26. The van der Waals surface area contributed by atoms with Gasteiger partial charge in [-0.3, -0.25) is 4.79 Å². The van der Waals surface area contributed by atoms with Gasteiger partial charge in [-0.15, -0.1) is 0 Å². The maximum atomic E-state index is 12.1. The van der Waals surface area contributed by atoms with Gasteiger partial charge in [0, 0.05) is 5.56 Å². The van der Waals surface area contributed by atoms with E-state index < -0.39 is 34.6 Å². The number of rotatable bonds is 3. The second-order valence-electron chi connectivity index (χ2n) is 4.44. The molecule has 0 aromatic heterocycles. The number of alkyl halides is 3. The fourth-order valence-corrected chi connectivity index (χ4v) is 2.45. The first-order chi connectivity index (χ1) is 9.58. The lowest BCUT2D eigenvalue weighted by Crippen LogP contribution is -2.37. The zero-order valence-corrected chi connectivity index (χ0v) is 11.3. The fourth-order valence-electron chi connectivity index (χ4n) is 1.90. The van der Waals surface area contributed by atoms with Crippen LogP contribution in [0.15, 0.2) is 23.1 Å². The number of carbonyl (C=O) groups excluding carboxylic acids is 1. The zero-order valence-electron chi connectivity index (χ0n) is 10.5. The number of amides is 1. The summed E-state index contributed by atoms with van der Waals surface area (Å²) < 4.78 is 63.9. The van der Waals surface area contributed by atoms with Crippen molar-refractivity contribution < 1.29 is 31.1 Å². The van der Waals surface area contributed by atoms with Crippen LogP contribution in [0.3, 0.4) is 0 Å². The molecule has 6 nitrogen and oxygen atoms in total. The van der Waals surface area contributed by atoms with Crippen molar-refractivity contribution in [2.75, 3.05) is 13.2 Å². The van der Waals surface area contributed by atoms with Crippen LogP contribution in [0.2, 0.25) is 0 Å². The van der Waals surface area contributed by atoms with E-state index in [-0.39, 0.29) is 22.8 Å². The molecule has 1 aliphatic rings. The van der Waals surface area contributed by atoms with E-state index in [1.807, 2.05) is 0 Å². The zero-order chi connectivity index (χ0) is 15.8.